The molecule has 0 fully saturated rings. The summed E-state index contributed by atoms with van der Waals surface area (Å²) in [5.41, 5.74) is 0.913. The highest BCUT2D eigenvalue weighted by atomic mass is 16.5. The van der Waals surface area contributed by atoms with Gasteiger partial charge in [0, 0.05) is 18.7 Å². The number of benzene rings is 1. The molecule has 0 radical (unpaired) electrons. The van der Waals surface area contributed by atoms with Crippen LogP contribution in [-0.4, -0.2) is 40.4 Å². The van der Waals surface area contributed by atoms with Crippen molar-refractivity contribution in [1.82, 2.24) is 10.6 Å². The molecule has 0 atom stereocenters. The van der Waals surface area contributed by atoms with Gasteiger partial charge in [0.05, 0.1) is 27.9 Å². The van der Waals surface area contributed by atoms with Crippen LogP contribution in [0.15, 0.2) is 29.8 Å². The number of aliphatic imine (C=N–C) groups is 1. The van der Waals surface area contributed by atoms with E-state index in [2.05, 4.69) is 22.2 Å². The van der Waals surface area contributed by atoms with E-state index in [1.165, 1.54) is 0 Å². The lowest BCUT2D eigenvalue weighted by atomic mass is 10.1. The van der Waals surface area contributed by atoms with Gasteiger partial charge in [-0.25, -0.2) is 4.99 Å². The zero-order valence-electron chi connectivity index (χ0n) is 13.7. The fourth-order valence-corrected chi connectivity index (χ4v) is 1.96. The highest BCUT2D eigenvalue weighted by Crippen LogP contribution is 2.39. The Morgan fingerprint density at radius 2 is 1.86 bits per heavy atom. The molecular weight excluding hydrogens is 282 g/mol. The molecular formula is C16H25N3O3. The average molecular weight is 307 g/mol. The Balaban J connectivity index is 3.02. The van der Waals surface area contributed by atoms with Gasteiger partial charge in [-0.3, -0.25) is 0 Å². The van der Waals surface area contributed by atoms with Crippen LogP contribution in [0.3, 0.4) is 0 Å². The number of rotatable bonds is 8. The minimum Gasteiger partial charge on any atom is -0.493 e. The van der Waals surface area contributed by atoms with Gasteiger partial charge in [0.2, 0.25) is 5.75 Å². The maximum Gasteiger partial charge on any atom is 0.203 e. The van der Waals surface area contributed by atoms with Gasteiger partial charge in [0.1, 0.15) is 0 Å². The highest BCUT2D eigenvalue weighted by Gasteiger charge is 2.15. The number of hydrogen-bond acceptors (Lipinski definition) is 4. The Morgan fingerprint density at radius 3 is 2.41 bits per heavy atom. The lowest BCUT2D eigenvalue weighted by Crippen LogP contribution is -2.37. The molecule has 1 aromatic carbocycles. The summed E-state index contributed by atoms with van der Waals surface area (Å²) < 4.78 is 16.1. The molecule has 0 aliphatic heterocycles. The number of ether oxygens (including phenoxy) is 3. The van der Waals surface area contributed by atoms with Gasteiger partial charge < -0.3 is 24.8 Å². The summed E-state index contributed by atoms with van der Waals surface area (Å²) >= 11 is 0. The van der Waals surface area contributed by atoms with Crippen molar-refractivity contribution in [2.75, 3.05) is 34.4 Å². The molecule has 0 unspecified atom stereocenters. The Labute approximate surface area is 132 Å². The molecule has 0 saturated heterocycles. The van der Waals surface area contributed by atoms with Gasteiger partial charge in [-0.2, -0.15) is 0 Å². The Kier molecular flexibility index (Phi) is 7.67. The third-order valence-corrected chi connectivity index (χ3v) is 2.95. The third kappa shape index (κ3) is 4.58. The third-order valence-electron chi connectivity index (χ3n) is 2.95. The van der Waals surface area contributed by atoms with Crippen LogP contribution in [0.2, 0.25) is 0 Å². The first-order valence-electron chi connectivity index (χ1n) is 7.12. The van der Waals surface area contributed by atoms with E-state index < -0.39 is 0 Å². The zero-order chi connectivity index (χ0) is 16.4. The van der Waals surface area contributed by atoms with Crippen molar-refractivity contribution in [2.24, 2.45) is 4.99 Å². The van der Waals surface area contributed by atoms with E-state index in [1.54, 1.807) is 27.4 Å². The quantitative estimate of drug-likeness (QED) is 0.437. The van der Waals surface area contributed by atoms with E-state index in [0.29, 0.717) is 30.3 Å². The number of nitrogens with one attached hydrogen (secondary N) is 2. The molecule has 0 amide bonds. The first kappa shape index (κ1) is 17.7. The molecule has 0 saturated carbocycles. The monoisotopic (exact) mass is 307 g/mol. The summed E-state index contributed by atoms with van der Waals surface area (Å²) in [4.78, 5) is 4.53. The minimum absolute atomic E-state index is 0.454. The van der Waals surface area contributed by atoms with Gasteiger partial charge in [-0.15, -0.1) is 6.58 Å². The summed E-state index contributed by atoms with van der Waals surface area (Å²) in [7, 11) is 4.78. The normalized spacial score (nSPS) is 10.8. The second-order valence-corrected chi connectivity index (χ2v) is 4.36. The predicted octanol–water partition coefficient (Wildman–Crippen LogP) is 1.95. The summed E-state index contributed by atoms with van der Waals surface area (Å²) in [6.07, 6.45) is 1.78. The number of nitrogens with zero attached hydrogens (tertiary/aromatic N) is 1. The molecule has 6 nitrogen and oxygen atoms in total. The largest absolute Gasteiger partial charge is 0.493 e. The Hall–Kier alpha value is -2.37. The molecule has 1 rings (SSSR count). The van der Waals surface area contributed by atoms with Gasteiger partial charge in [0.15, 0.2) is 17.5 Å². The highest BCUT2D eigenvalue weighted by molar-refractivity contribution is 5.80. The molecule has 1 aromatic rings. The molecule has 122 valence electrons. The predicted molar refractivity (Wildman–Crippen MR) is 89.1 cm³/mol. The second kappa shape index (κ2) is 9.55. The van der Waals surface area contributed by atoms with Crippen LogP contribution in [0.4, 0.5) is 0 Å². The molecule has 22 heavy (non-hydrogen) atoms. The smallest absolute Gasteiger partial charge is 0.203 e. The van der Waals surface area contributed by atoms with Crippen LogP contribution >= 0.6 is 0 Å². The van der Waals surface area contributed by atoms with Gasteiger partial charge in [-0.1, -0.05) is 6.08 Å². The van der Waals surface area contributed by atoms with E-state index in [4.69, 9.17) is 14.2 Å². The van der Waals surface area contributed by atoms with Crippen molar-refractivity contribution in [3.8, 4) is 17.2 Å². The molecule has 6 heteroatoms. The summed E-state index contributed by atoms with van der Waals surface area (Å²) in [6.45, 7) is 7.59. The number of methoxy groups -OCH3 is 3. The first-order chi connectivity index (χ1) is 10.7. The lowest BCUT2D eigenvalue weighted by Gasteiger charge is -2.15. The summed E-state index contributed by atoms with van der Waals surface area (Å²) in [5.74, 6) is 2.55. The number of hydrogen-bond donors (Lipinski definition) is 2. The van der Waals surface area contributed by atoms with Crippen LogP contribution in [0, 0.1) is 0 Å². The average Bonchev–Trinajstić information content (AvgIpc) is 2.56. The van der Waals surface area contributed by atoms with Crippen molar-refractivity contribution < 1.29 is 14.2 Å². The van der Waals surface area contributed by atoms with Crippen LogP contribution in [0.1, 0.15) is 12.5 Å². The lowest BCUT2D eigenvalue weighted by molar-refractivity contribution is 0.322. The topological polar surface area (TPSA) is 64.1 Å². The molecule has 2 N–H and O–H groups in total. The van der Waals surface area contributed by atoms with E-state index in [9.17, 15) is 0 Å². The van der Waals surface area contributed by atoms with Crippen LogP contribution < -0.4 is 24.8 Å². The first-order valence-corrected chi connectivity index (χ1v) is 7.12. The van der Waals surface area contributed by atoms with Crippen LogP contribution in [-0.2, 0) is 6.54 Å². The van der Waals surface area contributed by atoms with Crippen LogP contribution in [0.25, 0.3) is 0 Å². The minimum atomic E-state index is 0.454. The van der Waals surface area contributed by atoms with Crippen molar-refractivity contribution in [1.29, 1.82) is 0 Å². The Bertz CT molecular complexity index is 516. The molecule has 0 spiro atoms. The molecule has 0 heterocycles. The maximum absolute atomic E-state index is 5.45. The fraction of sp³-hybridized carbons (Fsp3) is 0.438. The van der Waals surface area contributed by atoms with Gasteiger partial charge in [0.25, 0.3) is 0 Å². The van der Waals surface area contributed by atoms with E-state index >= 15 is 0 Å². The van der Waals surface area contributed by atoms with Crippen LogP contribution in [0.5, 0.6) is 17.2 Å². The molecule has 0 bridgehead atoms. The molecule has 0 aromatic heterocycles. The standard InChI is InChI=1S/C16H25N3O3/c1-6-10-18-16(17-7-2)19-11-12-8-9-13(20-3)15(22-5)14(12)21-4/h6,8-9H,1,7,10-11H2,2-5H3,(H2,17,18,19). The SMILES string of the molecule is C=CCNC(=NCc1ccc(OC)c(OC)c1OC)NCC. The maximum atomic E-state index is 5.45. The van der Waals surface area contributed by atoms with Gasteiger partial charge in [-0.05, 0) is 19.1 Å². The van der Waals surface area contributed by atoms with Crippen molar-refractivity contribution in [3.05, 3.63) is 30.4 Å². The van der Waals surface area contributed by atoms with E-state index in [-0.39, 0.29) is 0 Å². The van der Waals surface area contributed by atoms with Crippen molar-refractivity contribution in [2.45, 2.75) is 13.5 Å². The molecule has 0 aliphatic carbocycles. The Morgan fingerprint density at radius 1 is 1.14 bits per heavy atom. The zero-order valence-corrected chi connectivity index (χ0v) is 13.7. The van der Waals surface area contributed by atoms with Crippen molar-refractivity contribution in [3.63, 3.8) is 0 Å². The van der Waals surface area contributed by atoms with E-state index in [0.717, 1.165) is 18.1 Å². The number of guanidine groups is 1. The van der Waals surface area contributed by atoms with Crippen molar-refractivity contribution >= 4 is 5.96 Å². The fourth-order valence-electron chi connectivity index (χ4n) is 1.96. The second-order valence-electron chi connectivity index (χ2n) is 4.36. The summed E-state index contributed by atoms with van der Waals surface area (Å²) in [5, 5.41) is 6.32. The summed E-state index contributed by atoms with van der Waals surface area (Å²) in [6, 6.07) is 3.76. The van der Waals surface area contributed by atoms with E-state index in [1.807, 2.05) is 19.1 Å². The van der Waals surface area contributed by atoms with Gasteiger partial charge >= 0.3 is 0 Å². The molecule has 0 aliphatic rings.